The number of nitrogens with zero attached hydrogens (tertiary/aromatic N) is 2. The van der Waals surface area contributed by atoms with Crippen LogP contribution >= 0.6 is 0 Å². The third-order valence-electron chi connectivity index (χ3n) is 2.97. The molecule has 16 heavy (non-hydrogen) atoms. The van der Waals surface area contributed by atoms with Gasteiger partial charge in [-0.2, -0.15) is 0 Å². The zero-order valence-corrected chi connectivity index (χ0v) is 9.31. The van der Waals surface area contributed by atoms with E-state index >= 15 is 0 Å². The first kappa shape index (κ1) is 10.7. The van der Waals surface area contributed by atoms with E-state index in [0.717, 1.165) is 24.3 Å². The molecule has 5 heteroatoms. The SMILES string of the molecule is CNc1cncc(N2CCC(C(N)=O)C2)c1. The van der Waals surface area contributed by atoms with Crippen LogP contribution in [0.3, 0.4) is 0 Å². The van der Waals surface area contributed by atoms with Gasteiger partial charge in [0, 0.05) is 20.1 Å². The summed E-state index contributed by atoms with van der Waals surface area (Å²) in [7, 11) is 1.86. The predicted octanol–water partition coefficient (Wildman–Crippen LogP) is 0.435. The van der Waals surface area contributed by atoms with Crippen molar-refractivity contribution in [2.24, 2.45) is 11.7 Å². The van der Waals surface area contributed by atoms with Crippen LogP contribution in [0.1, 0.15) is 6.42 Å². The van der Waals surface area contributed by atoms with Crippen LogP contribution in [-0.2, 0) is 4.79 Å². The van der Waals surface area contributed by atoms with E-state index in [1.807, 2.05) is 19.3 Å². The summed E-state index contributed by atoms with van der Waals surface area (Å²) in [5.74, 6) is -0.238. The maximum Gasteiger partial charge on any atom is 0.222 e. The summed E-state index contributed by atoms with van der Waals surface area (Å²) in [6, 6.07) is 2.02. The van der Waals surface area contributed by atoms with E-state index in [9.17, 15) is 4.79 Å². The van der Waals surface area contributed by atoms with Crippen molar-refractivity contribution in [3.63, 3.8) is 0 Å². The molecule has 1 aliphatic heterocycles. The van der Waals surface area contributed by atoms with Gasteiger partial charge in [0.05, 0.1) is 29.7 Å². The molecule has 0 spiro atoms. The highest BCUT2D eigenvalue weighted by Crippen LogP contribution is 2.24. The fourth-order valence-electron chi connectivity index (χ4n) is 1.96. The second kappa shape index (κ2) is 4.38. The third-order valence-corrected chi connectivity index (χ3v) is 2.97. The van der Waals surface area contributed by atoms with Gasteiger partial charge in [-0.3, -0.25) is 9.78 Å². The second-order valence-electron chi connectivity index (χ2n) is 4.02. The summed E-state index contributed by atoms with van der Waals surface area (Å²) in [4.78, 5) is 17.4. The van der Waals surface area contributed by atoms with E-state index in [0.29, 0.717) is 6.54 Å². The summed E-state index contributed by atoms with van der Waals surface area (Å²) in [5, 5.41) is 3.04. The Morgan fingerprint density at radius 3 is 3.06 bits per heavy atom. The summed E-state index contributed by atoms with van der Waals surface area (Å²) < 4.78 is 0. The number of nitrogens with two attached hydrogens (primary N) is 1. The molecule has 2 rings (SSSR count). The molecule has 0 radical (unpaired) electrons. The Balaban J connectivity index is 2.11. The van der Waals surface area contributed by atoms with E-state index in [1.165, 1.54) is 0 Å². The van der Waals surface area contributed by atoms with Crippen molar-refractivity contribution in [1.29, 1.82) is 0 Å². The zero-order valence-electron chi connectivity index (χ0n) is 9.31. The Kier molecular flexibility index (Phi) is 2.94. The molecule has 1 aliphatic rings. The fraction of sp³-hybridized carbons (Fsp3) is 0.455. The number of rotatable bonds is 3. The highest BCUT2D eigenvalue weighted by atomic mass is 16.1. The molecule has 5 nitrogen and oxygen atoms in total. The first-order chi connectivity index (χ1) is 7.70. The van der Waals surface area contributed by atoms with Crippen LogP contribution in [0.2, 0.25) is 0 Å². The molecule has 0 aliphatic carbocycles. The fourth-order valence-corrected chi connectivity index (χ4v) is 1.96. The monoisotopic (exact) mass is 220 g/mol. The topological polar surface area (TPSA) is 71.2 Å². The molecule has 1 saturated heterocycles. The maximum absolute atomic E-state index is 11.1. The van der Waals surface area contributed by atoms with Crippen LogP contribution in [0.15, 0.2) is 18.5 Å². The summed E-state index contributed by atoms with van der Waals surface area (Å²) in [6.45, 7) is 1.56. The number of aromatic nitrogens is 1. The van der Waals surface area contributed by atoms with Crippen LogP contribution in [0.5, 0.6) is 0 Å². The predicted molar refractivity (Wildman–Crippen MR) is 63.3 cm³/mol. The summed E-state index contributed by atoms with van der Waals surface area (Å²) in [5.41, 5.74) is 7.31. The van der Waals surface area contributed by atoms with Gasteiger partial charge in [0.1, 0.15) is 0 Å². The van der Waals surface area contributed by atoms with Crippen LogP contribution in [-0.4, -0.2) is 31.0 Å². The minimum absolute atomic E-state index is 0.0294. The molecular formula is C11H16N4O. The van der Waals surface area contributed by atoms with Crippen LogP contribution in [0.25, 0.3) is 0 Å². The highest BCUT2D eigenvalue weighted by molar-refractivity contribution is 5.78. The summed E-state index contributed by atoms with van der Waals surface area (Å²) in [6.07, 6.45) is 4.41. The third kappa shape index (κ3) is 2.08. The number of primary amides is 1. The lowest BCUT2D eigenvalue weighted by Gasteiger charge is -2.18. The van der Waals surface area contributed by atoms with Crippen molar-refractivity contribution in [1.82, 2.24) is 4.98 Å². The zero-order chi connectivity index (χ0) is 11.5. The van der Waals surface area contributed by atoms with Crippen LogP contribution < -0.4 is 16.0 Å². The minimum Gasteiger partial charge on any atom is -0.387 e. The van der Waals surface area contributed by atoms with E-state index in [-0.39, 0.29) is 11.8 Å². The first-order valence-electron chi connectivity index (χ1n) is 5.38. The number of carbonyl (C=O) groups excluding carboxylic acids is 1. The van der Waals surface area contributed by atoms with Gasteiger partial charge in [-0.1, -0.05) is 0 Å². The van der Waals surface area contributed by atoms with Gasteiger partial charge in [0.2, 0.25) is 5.91 Å². The first-order valence-corrected chi connectivity index (χ1v) is 5.38. The average molecular weight is 220 g/mol. The normalized spacial score (nSPS) is 19.8. The van der Waals surface area contributed by atoms with Crippen molar-refractivity contribution >= 4 is 17.3 Å². The van der Waals surface area contributed by atoms with Crippen molar-refractivity contribution in [2.75, 3.05) is 30.4 Å². The smallest absolute Gasteiger partial charge is 0.222 e. The molecule has 0 bridgehead atoms. The van der Waals surface area contributed by atoms with Gasteiger partial charge >= 0.3 is 0 Å². The quantitative estimate of drug-likeness (QED) is 0.775. The Hall–Kier alpha value is -1.78. The van der Waals surface area contributed by atoms with Gasteiger partial charge in [-0.15, -0.1) is 0 Å². The molecule has 1 atom stereocenters. The number of nitrogens with one attached hydrogen (secondary N) is 1. The molecule has 1 aromatic heterocycles. The van der Waals surface area contributed by atoms with E-state index in [1.54, 1.807) is 6.20 Å². The van der Waals surface area contributed by atoms with E-state index < -0.39 is 0 Å². The lowest BCUT2D eigenvalue weighted by atomic mass is 10.1. The largest absolute Gasteiger partial charge is 0.387 e. The maximum atomic E-state index is 11.1. The van der Waals surface area contributed by atoms with Gasteiger partial charge in [-0.05, 0) is 12.5 Å². The number of carbonyl (C=O) groups is 1. The van der Waals surface area contributed by atoms with Crippen LogP contribution in [0.4, 0.5) is 11.4 Å². The van der Waals surface area contributed by atoms with Gasteiger partial charge in [0.15, 0.2) is 0 Å². The van der Waals surface area contributed by atoms with Gasteiger partial charge < -0.3 is 16.0 Å². The lowest BCUT2D eigenvalue weighted by Crippen LogP contribution is -2.27. The molecule has 0 saturated carbocycles. The molecule has 86 valence electrons. The Morgan fingerprint density at radius 2 is 2.44 bits per heavy atom. The number of amides is 1. The van der Waals surface area contributed by atoms with Crippen molar-refractivity contribution < 1.29 is 4.79 Å². The summed E-state index contributed by atoms with van der Waals surface area (Å²) >= 11 is 0. The number of anilines is 2. The molecule has 0 aromatic carbocycles. The van der Waals surface area contributed by atoms with E-state index in [4.69, 9.17) is 5.73 Å². The Morgan fingerprint density at radius 1 is 1.62 bits per heavy atom. The Bertz CT molecular complexity index is 393. The Labute approximate surface area is 94.6 Å². The van der Waals surface area contributed by atoms with Crippen molar-refractivity contribution in [3.8, 4) is 0 Å². The van der Waals surface area contributed by atoms with Gasteiger partial charge in [0.25, 0.3) is 0 Å². The molecule has 2 heterocycles. The van der Waals surface area contributed by atoms with Crippen LogP contribution in [0, 0.1) is 5.92 Å². The second-order valence-corrected chi connectivity index (χ2v) is 4.02. The molecule has 1 fully saturated rings. The lowest BCUT2D eigenvalue weighted by molar-refractivity contribution is -0.121. The number of pyridine rings is 1. The molecule has 1 unspecified atom stereocenters. The number of hydrogen-bond acceptors (Lipinski definition) is 4. The average Bonchev–Trinajstić information content (AvgIpc) is 2.78. The van der Waals surface area contributed by atoms with Crippen molar-refractivity contribution in [3.05, 3.63) is 18.5 Å². The highest BCUT2D eigenvalue weighted by Gasteiger charge is 2.26. The molecule has 3 N–H and O–H groups in total. The molecule has 1 amide bonds. The van der Waals surface area contributed by atoms with Crippen molar-refractivity contribution in [2.45, 2.75) is 6.42 Å². The molecular weight excluding hydrogens is 204 g/mol. The standard InChI is InChI=1S/C11H16N4O/c1-13-9-4-10(6-14-5-9)15-3-2-8(7-15)11(12)16/h4-6,8,13H,2-3,7H2,1H3,(H2,12,16). The minimum atomic E-state index is -0.208. The van der Waals surface area contributed by atoms with E-state index in [2.05, 4.69) is 15.2 Å². The molecule has 1 aromatic rings. The van der Waals surface area contributed by atoms with Gasteiger partial charge in [-0.25, -0.2) is 0 Å². The number of hydrogen-bond donors (Lipinski definition) is 2.